The van der Waals surface area contributed by atoms with Gasteiger partial charge in [-0.3, -0.25) is 0 Å². The monoisotopic (exact) mass is 405 g/mol. The van der Waals surface area contributed by atoms with Crippen LogP contribution in [0.5, 0.6) is 0 Å². The molecule has 8 heteroatoms. The number of hydrogen-bond donors (Lipinski definition) is 1. The van der Waals surface area contributed by atoms with Crippen molar-refractivity contribution in [3.63, 3.8) is 0 Å². The van der Waals surface area contributed by atoms with Gasteiger partial charge in [0.05, 0.1) is 4.34 Å². The molecule has 19 heavy (non-hydrogen) atoms. The fourth-order valence-electron chi connectivity index (χ4n) is 2.32. The van der Waals surface area contributed by atoms with Crippen molar-refractivity contribution in [2.24, 2.45) is 5.41 Å². The Labute approximate surface area is 135 Å². The van der Waals surface area contributed by atoms with Gasteiger partial charge in [-0.15, -0.1) is 11.3 Å². The standard InChI is InChI=1S/C11H14BrCl2NO2S2/c12-6-11(3-1-2-4-11)7-15-19(16,17)8-5-9(13)18-10(8)14/h5,15H,1-4,6-7H2. The number of halogens is 3. The van der Waals surface area contributed by atoms with Gasteiger partial charge in [0, 0.05) is 11.9 Å². The van der Waals surface area contributed by atoms with E-state index in [9.17, 15) is 8.42 Å². The summed E-state index contributed by atoms with van der Waals surface area (Å²) in [5.74, 6) is 0. The normalized spacial score (nSPS) is 18.9. The minimum atomic E-state index is -3.58. The van der Waals surface area contributed by atoms with Crippen molar-refractivity contribution in [1.82, 2.24) is 4.72 Å². The van der Waals surface area contributed by atoms with E-state index in [1.165, 1.54) is 6.07 Å². The summed E-state index contributed by atoms with van der Waals surface area (Å²) >= 11 is 16.2. The minimum Gasteiger partial charge on any atom is -0.210 e. The zero-order chi connectivity index (χ0) is 14.1. The Balaban J connectivity index is 2.12. The highest BCUT2D eigenvalue weighted by Crippen LogP contribution is 2.40. The van der Waals surface area contributed by atoms with Crippen molar-refractivity contribution in [3.05, 3.63) is 14.7 Å². The summed E-state index contributed by atoms with van der Waals surface area (Å²) in [6.45, 7) is 0.435. The summed E-state index contributed by atoms with van der Waals surface area (Å²) in [5.41, 5.74) is 0.0271. The van der Waals surface area contributed by atoms with Crippen molar-refractivity contribution < 1.29 is 8.42 Å². The zero-order valence-electron chi connectivity index (χ0n) is 10.1. The van der Waals surface area contributed by atoms with Crippen LogP contribution in [0.15, 0.2) is 11.0 Å². The summed E-state index contributed by atoms with van der Waals surface area (Å²) < 4.78 is 27.7. The largest absolute Gasteiger partial charge is 0.242 e. The number of nitrogens with one attached hydrogen (secondary N) is 1. The minimum absolute atomic E-state index is 0.0271. The molecule has 1 fully saturated rings. The van der Waals surface area contributed by atoms with E-state index >= 15 is 0 Å². The van der Waals surface area contributed by atoms with E-state index in [-0.39, 0.29) is 14.6 Å². The second-order valence-corrected chi connectivity index (χ2v) is 9.44. The molecule has 1 aromatic rings. The van der Waals surface area contributed by atoms with Crippen molar-refractivity contribution in [3.8, 4) is 0 Å². The van der Waals surface area contributed by atoms with Crippen LogP contribution in [0, 0.1) is 5.41 Å². The first-order valence-electron chi connectivity index (χ1n) is 5.89. The molecule has 2 rings (SSSR count). The van der Waals surface area contributed by atoms with Crippen LogP contribution in [-0.4, -0.2) is 20.3 Å². The van der Waals surface area contributed by atoms with E-state index in [0.717, 1.165) is 42.4 Å². The van der Waals surface area contributed by atoms with Gasteiger partial charge < -0.3 is 0 Å². The van der Waals surface area contributed by atoms with Crippen LogP contribution in [0.4, 0.5) is 0 Å². The molecule has 1 aliphatic rings. The predicted octanol–water partition coefficient (Wildman–Crippen LogP) is 4.29. The molecule has 1 aliphatic carbocycles. The average molecular weight is 407 g/mol. The Morgan fingerprint density at radius 2 is 2.00 bits per heavy atom. The first-order chi connectivity index (χ1) is 8.88. The Kier molecular flexibility index (Phi) is 5.23. The second kappa shape index (κ2) is 6.20. The summed E-state index contributed by atoms with van der Waals surface area (Å²) in [7, 11) is -3.58. The maximum absolute atomic E-state index is 12.2. The highest BCUT2D eigenvalue weighted by Gasteiger charge is 2.34. The second-order valence-electron chi connectivity index (χ2n) is 4.85. The summed E-state index contributed by atoms with van der Waals surface area (Å²) in [5, 5.41) is 0.806. The van der Waals surface area contributed by atoms with Crippen molar-refractivity contribution >= 4 is 60.5 Å². The fourth-order valence-corrected chi connectivity index (χ4v) is 6.38. The molecule has 0 bridgehead atoms. The molecule has 0 unspecified atom stereocenters. The molecule has 0 aliphatic heterocycles. The molecular formula is C11H14BrCl2NO2S2. The van der Waals surface area contributed by atoms with E-state index in [1.54, 1.807) is 0 Å². The van der Waals surface area contributed by atoms with Gasteiger partial charge in [0.2, 0.25) is 10.0 Å². The molecule has 0 atom stereocenters. The third-order valence-electron chi connectivity index (χ3n) is 3.50. The van der Waals surface area contributed by atoms with Gasteiger partial charge in [-0.1, -0.05) is 52.0 Å². The predicted molar refractivity (Wildman–Crippen MR) is 84.2 cm³/mol. The van der Waals surface area contributed by atoms with Gasteiger partial charge in [0.25, 0.3) is 0 Å². The molecule has 108 valence electrons. The molecule has 0 spiro atoms. The van der Waals surface area contributed by atoms with Gasteiger partial charge in [-0.05, 0) is 24.3 Å². The molecule has 0 radical (unpaired) electrons. The van der Waals surface area contributed by atoms with E-state index in [2.05, 4.69) is 20.7 Å². The third-order valence-corrected chi connectivity index (χ3v) is 7.84. The van der Waals surface area contributed by atoms with Gasteiger partial charge in [-0.2, -0.15) is 0 Å². The molecule has 1 N–H and O–H groups in total. The van der Waals surface area contributed by atoms with Crippen LogP contribution >= 0.6 is 50.5 Å². The molecule has 0 saturated heterocycles. The summed E-state index contributed by atoms with van der Waals surface area (Å²) in [6, 6.07) is 1.40. The Morgan fingerprint density at radius 3 is 2.47 bits per heavy atom. The highest BCUT2D eigenvalue weighted by molar-refractivity contribution is 9.09. The van der Waals surface area contributed by atoms with Gasteiger partial charge >= 0.3 is 0 Å². The maximum Gasteiger partial charge on any atom is 0.242 e. The van der Waals surface area contributed by atoms with Crippen LogP contribution < -0.4 is 4.72 Å². The summed E-state index contributed by atoms with van der Waals surface area (Å²) in [6.07, 6.45) is 4.38. The van der Waals surface area contributed by atoms with Gasteiger partial charge in [0.1, 0.15) is 9.23 Å². The van der Waals surface area contributed by atoms with E-state index in [1.807, 2.05) is 0 Å². The quantitative estimate of drug-likeness (QED) is 0.741. The molecular weight excluding hydrogens is 393 g/mol. The number of rotatable bonds is 5. The van der Waals surface area contributed by atoms with Crippen LogP contribution in [0.25, 0.3) is 0 Å². The molecule has 1 saturated carbocycles. The van der Waals surface area contributed by atoms with E-state index in [0.29, 0.717) is 10.9 Å². The van der Waals surface area contributed by atoms with Crippen LogP contribution in [0.3, 0.4) is 0 Å². The lowest BCUT2D eigenvalue weighted by Gasteiger charge is -2.26. The lowest BCUT2D eigenvalue weighted by atomic mass is 9.89. The highest BCUT2D eigenvalue weighted by atomic mass is 79.9. The smallest absolute Gasteiger partial charge is 0.210 e. The van der Waals surface area contributed by atoms with E-state index in [4.69, 9.17) is 23.2 Å². The molecule has 0 amide bonds. The Morgan fingerprint density at radius 1 is 1.37 bits per heavy atom. The molecule has 1 aromatic heterocycles. The Hall–Kier alpha value is 0.670. The number of sulfonamides is 1. The summed E-state index contributed by atoms with van der Waals surface area (Å²) in [4.78, 5) is 0.0758. The average Bonchev–Trinajstić information content (AvgIpc) is 2.95. The van der Waals surface area contributed by atoms with Crippen molar-refractivity contribution in [2.45, 2.75) is 30.6 Å². The van der Waals surface area contributed by atoms with Crippen LogP contribution in [0.1, 0.15) is 25.7 Å². The first-order valence-corrected chi connectivity index (χ1v) is 10.1. The van der Waals surface area contributed by atoms with E-state index < -0.39 is 10.0 Å². The maximum atomic E-state index is 12.2. The lowest BCUT2D eigenvalue weighted by Crippen LogP contribution is -2.37. The zero-order valence-corrected chi connectivity index (χ0v) is 14.8. The Bertz CT molecular complexity index is 553. The molecule has 0 aromatic carbocycles. The van der Waals surface area contributed by atoms with Crippen LogP contribution in [0.2, 0.25) is 8.67 Å². The number of thiophene rings is 1. The number of hydrogen-bond acceptors (Lipinski definition) is 3. The number of alkyl halides is 1. The van der Waals surface area contributed by atoms with Crippen molar-refractivity contribution in [1.29, 1.82) is 0 Å². The van der Waals surface area contributed by atoms with Gasteiger partial charge in [0.15, 0.2) is 0 Å². The lowest BCUT2D eigenvalue weighted by molar-refractivity contribution is 0.348. The molecule has 3 nitrogen and oxygen atoms in total. The third kappa shape index (κ3) is 3.66. The topological polar surface area (TPSA) is 46.2 Å². The first kappa shape index (κ1) is 16.0. The molecule has 1 heterocycles. The SMILES string of the molecule is O=S(=O)(NCC1(CBr)CCCC1)c1cc(Cl)sc1Cl. The van der Waals surface area contributed by atoms with Gasteiger partial charge in [-0.25, -0.2) is 13.1 Å². The fraction of sp³-hybridized carbons (Fsp3) is 0.636. The van der Waals surface area contributed by atoms with Crippen molar-refractivity contribution in [2.75, 3.05) is 11.9 Å². The van der Waals surface area contributed by atoms with Crippen LogP contribution in [-0.2, 0) is 10.0 Å².